The predicted molar refractivity (Wildman–Crippen MR) is 82.8 cm³/mol. The molecule has 0 saturated heterocycles. The van der Waals surface area contributed by atoms with Crippen molar-refractivity contribution in [2.24, 2.45) is 0 Å². The van der Waals surface area contributed by atoms with Gasteiger partial charge in [0, 0.05) is 22.8 Å². The van der Waals surface area contributed by atoms with E-state index in [1.165, 1.54) is 0 Å². The van der Waals surface area contributed by atoms with Crippen molar-refractivity contribution in [3.8, 4) is 0 Å². The molecule has 1 aromatic heterocycles. The second-order valence-corrected chi connectivity index (χ2v) is 4.97. The number of nitrogen functional groups attached to an aromatic ring is 1. The summed E-state index contributed by atoms with van der Waals surface area (Å²) in [5.41, 5.74) is 7.80. The van der Waals surface area contributed by atoms with E-state index in [1.807, 2.05) is 38.1 Å². The van der Waals surface area contributed by atoms with Crippen molar-refractivity contribution in [1.82, 2.24) is 9.97 Å². The third kappa shape index (κ3) is 3.57. The molecular weight excluding hydrogens is 306 g/mol. The van der Waals surface area contributed by atoms with Crippen LogP contribution in [-0.2, 0) is 0 Å². The molecule has 1 aromatic carbocycles. The minimum absolute atomic E-state index is 0.245. The van der Waals surface area contributed by atoms with Crippen LogP contribution in [0.5, 0.6) is 0 Å². The fourth-order valence-electron chi connectivity index (χ4n) is 1.67. The van der Waals surface area contributed by atoms with Gasteiger partial charge in [-0.1, -0.05) is 15.9 Å². The molecule has 6 heteroatoms. The molecule has 0 spiro atoms. The van der Waals surface area contributed by atoms with Crippen LogP contribution < -0.4 is 16.4 Å². The van der Waals surface area contributed by atoms with Gasteiger partial charge < -0.3 is 16.4 Å². The summed E-state index contributed by atoms with van der Waals surface area (Å²) < 4.78 is 1.08. The monoisotopic (exact) mass is 321 g/mol. The molecule has 0 aliphatic heterocycles. The molecule has 0 bridgehead atoms. The number of anilines is 4. The van der Waals surface area contributed by atoms with E-state index in [0.29, 0.717) is 11.6 Å². The van der Waals surface area contributed by atoms with Crippen LogP contribution in [0, 0.1) is 6.92 Å². The van der Waals surface area contributed by atoms with Crippen LogP contribution in [0.25, 0.3) is 0 Å². The molecule has 0 amide bonds. The number of hydrogen-bond acceptors (Lipinski definition) is 5. The summed E-state index contributed by atoms with van der Waals surface area (Å²) in [7, 11) is 0. The maximum Gasteiger partial charge on any atom is 0.223 e. The highest BCUT2D eigenvalue weighted by Gasteiger charge is 2.03. The molecule has 19 heavy (non-hydrogen) atoms. The lowest BCUT2D eigenvalue weighted by Crippen LogP contribution is -2.05. The number of nitrogens with zero attached hydrogens (tertiary/aromatic N) is 2. The largest absolute Gasteiger partial charge is 0.370 e. The van der Waals surface area contributed by atoms with Gasteiger partial charge in [0.05, 0.1) is 0 Å². The lowest BCUT2D eigenvalue weighted by Gasteiger charge is -2.10. The smallest absolute Gasteiger partial charge is 0.223 e. The summed E-state index contributed by atoms with van der Waals surface area (Å²) >= 11 is 3.48. The van der Waals surface area contributed by atoms with Gasteiger partial charge in [-0.3, -0.25) is 0 Å². The van der Waals surface area contributed by atoms with Crippen molar-refractivity contribution in [2.45, 2.75) is 13.8 Å². The molecule has 0 atom stereocenters. The lowest BCUT2D eigenvalue weighted by molar-refractivity contribution is 1.12. The van der Waals surface area contributed by atoms with Gasteiger partial charge in [0.15, 0.2) is 0 Å². The minimum Gasteiger partial charge on any atom is -0.370 e. The Balaban J connectivity index is 2.24. The lowest BCUT2D eigenvalue weighted by atomic mass is 10.2. The van der Waals surface area contributed by atoms with Gasteiger partial charge in [0.25, 0.3) is 0 Å². The number of benzene rings is 1. The summed E-state index contributed by atoms with van der Waals surface area (Å²) in [5, 5.41) is 6.34. The number of aryl methyl sites for hydroxylation is 1. The second kappa shape index (κ2) is 5.88. The van der Waals surface area contributed by atoms with Gasteiger partial charge >= 0.3 is 0 Å². The van der Waals surface area contributed by atoms with Crippen LogP contribution >= 0.6 is 15.9 Å². The first kappa shape index (κ1) is 13.6. The zero-order valence-electron chi connectivity index (χ0n) is 10.9. The van der Waals surface area contributed by atoms with E-state index in [2.05, 4.69) is 36.5 Å². The molecule has 1 heterocycles. The Morgan fingerprint density at radius 2 is 1.95 bits per heavy atom. The van der Waals surface area contributed by atoms with Gasteiger partial charge in [-0.15, -0.1) is 0 Å². The highest BCUT2D eigenvalue weighted by atomic mass is 79.9. The molecule has 0 radical (unpaired) electrons. The van der Waals surface area contributed by atoms with E-state index in [1.54, 1.807) is 0 Å². The average molecular weight is 322 g/mol. The molecular formula is C13H16BrN5. The molecule has 0 unspecified atom stereocenters. The van der Waals surface area contributed by atoms with Gasteiger partial charge in [0.2, 0.25) is 5.95 Å². The third-order valence-electron chi connectivity index (χ3n) is 2.53. The van der Waals surface area contributed by atoms with Crippen molar-refractivity contribution < 1.29 is 0 Å². The maximum absolute atomic E-state index is 5.69. The summed E-state index contributed by atoms with van der Waals surface area (Å²) in [6.45, 7) is 4.82. The first-order valence-electron chi connectivity index (χ1n) is 6.00. The first-order chi connectivity index (χ1) is 9.08. The molecule has 0 aliphatic rings. The van der Waals surface area contributed by atoms with E-state index >= 15 is 0 Å². The zero-order chi connectivity index (χ0) is 13.8. The Labute approximate surface area is 120 Å². The Hall–Kier alpha value is -1.82. The van der Waals surface area contributed by atoms with Crippen LogP contribution in [0.4, 0.5) is 23.3 Å². The van der Waals surface area contributed by atoms with E-state index in [9.17, 15) is 0 Å². The Morgan fingerprint density at radius 3 is 2.63 bits per heavy atom. The molecule has 5 nitrogen and oxygen atoms in total. The van der Waals surface area contributed by atoms with Gasteiger partial charge in [0.1, 0.15) is 11.6 Å². The molecule has 0 saturated carbocycles. The van der Waals surface area contributed by atoms with E-state index in [0.717, 1.165) is 22.3 Å². The van der Waals surface area contributed by atoms with Gasteiger partial charge in [-0.25, -0.2) is 0 Å². The van der Waals surface area contributed by atoms with Crippen LogP contribution in [-0.4, -0.2) is 16.5 Å². The van der Waals surface area contributed by atoms with E-state index in [4.69, 9.17) is 5.73 Å². The maximum atomic E-state index is 5.69. The molecule has 0 fully saturated rings. The summed E-state index contributed by atoms with van der Waals surface area (Å²) in [6, 6.07) is 7.84. The summed E-state index contributed by atoms with van der Waals surface area (Å²) in [5.74, 6) is 1.63. The van der Waals surface area contributed by atoms with Gasteiger partial charge in [-0.2, -0.15) is 9.97 Å². The number of nitrogens with one attached hydrogen (secondary N) is 2. The highest BCUT2D eigenvalue weighted by Crippen LogP contribution is 2.23. The van der Waals surface area contributed by atoms with Crippen molar-refractivity contribution in [2.75, 3.05) is 22.9 Å². The molecule has 2 aromatic rings. The molecule has 0 aliphatic carbocycles. The van der Waals surface area contributed by atoms with E-state index in [-0.39, 0.29) is 5.95 Å². The molecule has 4 N–H and O–H groups in total. The van der Waals surface area contributed by atoms with Crippen LogP contribution in [0.1, 0.15) is 12.5 Å². The van der Waals surface area contributed by atoms with Crippen LogP contribution in [0.15, 0.2) is 28.7 Å². The fraction of sp³-hybridized carbons (Fsp3) is 0.231. The van der Waals surface area contributed by atoms with Crippen molar-refractivity contribution >= 4 is 39.2 Å². The number of aromatic nitrogens is 2. The quantitative estimate of drug-likeness (QED) is 0.805. The van der Waals surface area contributed by atoms with Crippen molar-refractivity contribution in [1.29, 1.82) is 0 Å². The van der Waals surface area contributed by atoms with Crippen LogP contribution in [0.3, 0.4) is 0 Å². The summed E-state index contributed by atoms with van der Waals surface area (Å²) in [6.07, 6.45) is 0. The molecule has 2 rings (SSSR count). The Kier molecular flexibility index (Phi) is 4.21. The predicted octanol–water partition coefficient (Wildman–Crippen LogP) is 3.31. The second-order valence-electron chi connectivity index (χ2n) is 4.12. The Morgan fingerprint density at radius 1 is 1.21 bits per heavy atom. The van der Waals surface area contributed by atoms with Gasteiger partial charge in [-0.05, 0) is 37.6 Å². The average Bonchev–Trinajstić information content (AvgIpc) is 2.33. The van der Waals surface area contributed by atoms with Crippen molar-refractivity contribution in [3.63, 3.8) is 0 Å². The summed E-state index contributed by atoms with van der Waals surface area (Å²) in [4.78, 5) is 8.27. The van der Waals surface area contributed by atoms with Crippen molar-refractivity contribution in [3.05, 3.63) is 34.3 Å². The minimum atomic E-state index is 0.245. The highest BCUT2D eigenvalue weighted by molar-refractivity contribution is 9.10. The van der Waals surface area contributed by atoms with E-state index < -0.39 is 0 Å². The zero-order valence-corrected chi connectivity index (χ0v) is 12.5. The number of nitrogens with two attached hydrogens (primary N) is 1. The number of rotatable bonds is 4. The number of hydrogen-bond donors (Lipinski definition) is 3. The molecule has 100 valence electrons. The number of halogens is 1. The third-order valence-corrected chi connectivity index (χ3v) is 3.42. The normalized spacial score (nSPS) is 10.3. The fourth-order valence-corrected chi connectivity index (χ4v) is 1.92. The SMILES string of the molecule is CCNc1cc(Nc2ccc(Br)c(C)c2)nc(N)n1. The first-order valence-corrected chi connectivity index (χ1v) is 6.79. The van der Waals surface area contributed by atoms with Crippen LogP contribution in [0.2, 0.25) is 0 Å². The Bertz CT molecular complexity index is 585. The topological polar surface area (TPSA) is 75.9 Å². The standard InChI is InChI=1S/C13H16BrN5/c1-3-16-11-7-12(19-13(15)18-11)17-9-4-5-10(14)8(2)6-9/h4-7H,3H2,1-2H3,(H4,15,16,17,18,19).